The van der Waals surface area contributed by atoms with Gasteiger partial charge in [-0.1, -0.05) is 30.3 Å². The predicted octanol–water partition coefficient (Wildman–Crippen LogP) is 5.02. The number of carbonyl (C=O) groups is 1. The predicted molar refractivity (Wildman–Crippen MR) is 106 cm³/mol. The first-order valence-corrected chi connectivity index (χ1v) is 9.52. The molecule has 1 fully saturated rings. The normalized spacial score (nSPS) is 17.0. The van der Waals surface area contributed by atoms with Gasteiger partial charge in [-0.15, -0.1) is 0 Å². The topological polar surface area (TPSA) is 41.6 Å². The average molecular weight is 352 g/mol. The van der Waals surface area contributed by atoms with Crippen LogP contribution in [0.5, 0.6) is 5.75 Å². The minimum atomic E-state index is -0.00195. The Labute approximate surface area is 156 Å². The third-order valence-electron chi connectivity index (χ3n) is 4.95. The Balaban J connectivity index is 1.68. The van der Waals surface area contributed by atoms with Crippen LogP contribution in [-0.4, -0.2) is 30.1 Å². The minimum Gasteiger partial charge on any atom is -0.494 e. The number of likely N-dealkylation sites (tertiary alicyclic amines) is 1. The van der Waals surface area contributed by atoms with E-state index < -0.39 is 0 Å². The second kappa shape index (κ2) is 8.75. The lowest BCUT2D eigenvalue weighted by molar-refractivity contribution is 0.162. The zero-order valence-corrected chi connectivity index (χ0v) is 15.7. The fourth-order valence-corrected chi connectivity index (χ4v) is 3.59. The summed E-state index contributed by atoms with van der Waals surface area (Å²) in [6.07, 6.45) is 4.23. The molecule has 1 N–H and O–H groups in total. The van der Waals surface area contributed by atoms with Gasteiger partial charge >= 0.3 is 6.03 Å². The number of hydrogen-bond donors (Lipinski definition) is 1. The Hall–Kier alpha value is -2.49. The number of piperidine rings is 1. The van der Waals surface area contributed by atoms with Gasteiger partial charge in [0, 0.05) is 18.3 Å². The van der Waals surface area contributed by atoms with E-state index in [0.29, 0.717) is 6.61 Å². The van der Waals surface area contributed by atoms with Gasteiger partial charge in [-0.05, 0) is 68.9 Å². The maximum atomic E-state index is 12.9. The molecule has 138 valence electrons. The molecule has 1 heterocycles. The van der Waals surface area contributed by atoms with Gasteiger partial charge < -0.3 is 15.0 Å². The first kappa shape index (κ1) is 18.3. The van der Waals surface area contributed by atoms with Gasteiger partial charge in [-0.2, -0.15) is 0 Å². The van der Waals surface area contributed by atoms with Crippen molar-refractivity contribution in [2.45, 2.75) is 45.6 Å². The first-order valence-electron chi connectivity index (χ1n) is 9.52. The summed E-state index contributed by atoms with van der Waals surface area (Å²) in [5.74, 6) is 0.836. The maximum absolute atomic E-state index is 12.9. The molecule has 0 spiro atoms. The lowest BCUT2D eigenvalue weighted by Crippen LogP contribution is -2.47. The van der Waals surface area contributed by atoms with Crippen LogP contribution in [0.25, 0.3) is 0 Å². The van der Waals surface area contributed by atoms with Crippen molar-refractivity contribution in [1.82, 2.24) is 4.90 Å². The van der Waals surface area contributed by atoms with E-state index in [9.17, 15) is 4.79 Å². The van der Waals surface area contributed by atoms with Gasteiger partial charge in [-0.25, -0.2) is 4.79 Å². The maximum Gasteiger partial charge on any atom is 0.322 e. The smallest absolute Gasteiger partial charge is 0.322 e. The number of rotatable bonds is 5. The van der Waals surface area contributed by atoms with Crippen LogP contribution in [0.2, 0.25) is 0 Å². The van der Waals surface area contributed by atoms with E-state index >= 15 is 0 Å². The number of hydrogen-bond acceptors (Lipinski definition) is 2. The fourth-order valence-electron chi connectivity index (χ4n) is 3.59. The summed E-state index contributed by atoms with van der Waals surface area (Å²) in [6, 6.07) is 16.5. The lowest BCUT2D eigenvalue weighted by Gasteiger charge is -2.36. The number of nitrogens with zero attached hydrogens (tertiary/aromatic N) is 1. The first-order chi connectivity index (χ1) is 12.7. The summed E-state index contributed by atoms with van der Waals surface area (Å²) < 4.78 is 5.52. The van der Waals surface area contributed by atoms with E-state index in [0.717, 1.165) is 42.8 Å². The van der Waals surface area contributed by atoms with E-state index in [1.807, 2.05) is 43.0 Å². The van der Waals surface area contributed by atoms with Crippen molar-refractivity contribution < 1.29 is 9.53 Å². The minimum absolute atomic E-state index is 0.00195. The van der Waals surface area contributed by atoms with Crippen molar-refractivity contribution in [2.75, 3.05) is 18.5 Å². The SMILES string of the molecule is CCOc1ccc(NC(=O)N2CCCCC2Cc2ccccc2)c(C)c1. The Morgan fingerprint density at radius 2 is 2.00 bits per heavy atom. The molecule has 1 aliphatic heterocycles. The quantitative estimate of drug-likeness (QED) is 0.820. The van der Waals surface area contributed by atoms with E-state index in [4.69, 9.17) is 4.74 Å². The summed E-state index contributed by atoms with van der Waals surface area (Å²) in [6.45, 7) is 5.42. The van der Waals surface area contributed by atoms with Gasteiger partial charge in [0.1, 0.15) is 5.75 Å². The molecule has 0 aliphatic carbocycles. The molecule has 26 heavy (non-hydrogen) atoms. The molecule has 4 nitrogen and oxygen atoms in total. The summed E-state index contributed by atoms with van der Waals surface area (Å²) in [5, 5.41) is 3.10. The number of urea groups is 1. The highest BCUT2D eigenvalue weighted by Gasteiger charge is 2.27. The Morgan fingerprint density at radius 1 is 1.19 bits per heavy atom. The van der Waals surface area contributed by atoms with E-state index in [1.165, 1.54) is 12.0 Å². The second-order valence-electron chi connectivity index (χ2n) is 6.87. The van der Waals surface area contributed by atoms with Crippen molar-refractivity contribution in [1.29, 1.82) is 0 Å². The van der Waals surface area contributed by atoms with Crippen molar-refractivity contribution in [2.24, 2.45) is 0 Å². The van der Waals surface area contributed by atoms with Crippen LogP contribution in [0.4, 0.5) is 10.5 Å². The molecule has 0 saturated carbocycles. The summed E-state index contributed by atoms with van der Waals surface area (Å²) in [7, 11) is 0. The van der Waals surface area contributed by atoms with Crippen LogP contribution in [-0.2, 0) is 6.42 Å². The van der Waals surface area contributed by atoms with Crippen molar-refractivity contribution >= 4 is 11.7 Å². The highest BCUT2D eigenvalue weighted by atomic mass is 16.5. The van der Waals surface area contributed by atoms with Crippen molar-refractivity contribution in [3.8, 4) is 5.75 Å². The summed E-state index contributed by atoms with van der Waals surface area (Å²) >= 11 is 0. The zero-order valence-electron chi connectivity index (χ0n) is 15.7. The third kappa shape index (κ3) is 4.57. The zero-order chi connectivity index (χ0) is 18.4. The monoisotopic (exact) mass is 352 g/mol. The molecular weight excluding hydrogens is 324 g/mol. The van der Waals surface area contributed by atoms with Crippen molar-refractivity contribution in [3.05, 3.63) is 59.7 Å². The highest BCUT2D eigenvalue weighted by molar-refractivity contribution is 5.90. The summed E-state index contributed by atoms with van der Waals surface area (Å²) in [4.78, 5) is 14.9. The molecule has 3 rings (SSSR count). The number of ether oxygens (including phenoxy) is 1. The van der Waals surface area contributed by atoms with Crippen LogP contribution >= 0.6 is 0 Å². The number of nitrogens with one attached hydrogen (secondary N) is 1. The van der Waals surface area contributed by atoms with Crippen LogP contribution in [0.1, 0.15) is 37.3 Å². The van der Waals surface area contributed by atoms with E-state index in [1.54, 1.807) is 0 Å². The molecule has 0 aromatic heterocycles. The van der Waals surface area contributed by atoms with Gasteiger partial charge in [0.25, 0.3) is 0 Å². The highest BCUT2D eigenvalue weighted by Crippen LogP contribution is 2.25. The van der Waals surface area contributed by atoms with E-state index in [2.05, 4.69) is 29.6 Å². The Morgan fingerprint density at radius 3 is 2.73 bits per heavy atom. The molecule has 2 aromatic carbocycles. The number of carbonyl (C=O) groups excluding carboxylic acids is 1. The third-order valence-corrected chi connectivity index (χ3v) is 4.95. The molecule has 1 atom stereocenters. The molecule has 4 heteroatoms. The van der Waals surface area contributed by atoms with Crippen LogP contribution in [0, 0.1) is 6.92 Å². The van der Waals surface area contributed by atoms with E-state index in [-0.39, 0.29) is 12.1 Å². The van der Waals surface area contributed by atoms with Crippen LogP contribution < -0.4 is 10.1 Å². The average Bonchev–Trinajstić information content (AvgIpc) is 2.65. The molecular formula is C22H28N2O2. The van der Waals surface area contributed by atoms with Gasteiger partial charge in [-0.3, -0.25) is 0 Å². The number of anilines is 1. The lowest BCUT2D eigenvalue weighted by atomic mass is 9.96. The van der Waals surface area contributed by atoms with Crippen molar-refractivity contribution in [3.63, 3.8) is 0 Å². The van der Waals surface area contributed by atoms with Gasteiger partial charge in [0.15, 0.2) is 0 Å². The number of aryl methyl sites for hydroxylation is 1. The molecule has 1 saturated heterocycles. The summed E-state index contributed by atoms with van der Waals surface area (Å²) in [5.41, 5.74) is 3.15. The second-order valence-corrected chi connectivity index (χ2v) is 6.87. The molecule has 0 radical (unpaired) electrons. The van der Waals surface area contributed by atoms with Gasteiger partial charge in [0.2, 0.25) is 0 Å². The Kier molecular flexibility index (Phi) is 6.16. The molecule has 1 unspecified atom stereocenters. The van der Waals surface area contributed by atoms with Crippen LogP contribution in [0.3, 0.4) is 0 Å². The Bertz CT molecular complexity index is 730. The number of amides is 2. The fraction of sp³-hybridized carbons (Fsp3) is 0.409. The van der Waals surface area contributed by atoms with Crippen LogP contribution in [0.15, 0.2) is 48.5 Å². The van der Waals surface area contributed by atoms with Gasteiger partial charge in [0.05, 0.1) is 6.61 Å². The molecule has 2 aromatic rings. The largest absolute Gasteiger partial charge is 0.494 e. The standard InChI is InChI=1S/C22H28N2O2/c1-3-26-20-12-13-21(17(2)15-20)23-22(25)24-14-8-7-11-19(24)16-18-9-5-4-6-10-18/h4-6,9-10,12-13,15,19H,3,7-8,11,14,16H2,1-2H3,(H,23,25). The molecule has 0 bridgehead atoms. The molecule has 2 amide bonds. The number of benzene rings is 2. The molecule has 1 aliphatic rings.